The molecule has 0 aromatic carbocycles. The summed E-state index contributed by atoms with van der Waals surface area (Å²) in [6.07, 6.45) is 0. The van der Waals surface area contributed by atoms with Gasteiger partial charge in [0.15, 0.2) is 0 Å². The summed E-state index contributed by atoms with van der Waals surface area (Å²) >= 11 is 0. The van der Waals surface area contributed by atoms with Crippen LogP contribution in [0.3, 0.4) is 0 Å². The molecule has 0 amide bonds. The van der Waals surface area contributed by atoms with Crippen LogP contribution in [0.15, 0.2) is 0 Å². The molecular formula is H8BaO8S2Sr. The zero-order valence-corrected chi connectivity index (χ0v) is 5.87. The molecule has 0 heterocycles. The first kappa shape index (κ1) is 24.2. The van der Waals surface area contributed by atoms with Gasteiger partial charge >= 0.3 is 115 Å². The number of hydrogen-bond acceptors (Lipinski definition) is 4. The Kier molecular flexibility index (Phi) is 20.8. The summed E-state index contributed by atoms with van der Waals surface area (Å²) < 4.78 is 63.2. The van der Waals surface area contributed by atoms with Gasteiger partial charge in [-0.25, -0.2) is 0 Å². The molecule has 0 fully saturated rings. The summed E-state index contributed by atoms with van der Waals surface area (Å²) in [6.45, 7) is 0. The topological polar surface area (TPSA) is 149 Å². The molecule has 72 valence electrons. The fourth-order valence-electron chi connectivity index (χ4n) is 0. The van der Waals surface area contributed by atoms with Crippen LogP contribution in [-0.2, 0) is 20.8 Å². The van der Waals surface area contributed by atoms with E-state index in [-0.39, 0.29) is 94.4 Å². The Labute approximate surface area is 147 Å². The molecule has 0 aliphatic heterocycles. The van der Waals surface area contributed by atoms with Crippen LogP contribution in [0.25, 0.3) is 0 Å². The molecule has 0 saturated heterocycles. The first-order chi connectivity index (χ1) is 4.00. The molecule has 0 aliphatic rings. The van der Waals surface area contributed by atoms with Crippen molar-refractivity contribution in [3.63, 3.8) is 0 Å². The fourth-order valence-corrected chi connectivity index (χ4v) is 0. The van der Waals surface area contributed by atoms with E-state index in [1.54, 1.807) is 0 Å². The number of rotatable bonds is 0. The molecule has 0 aliphatic carbocycles. The van der Waals surface area contributed by atoms with E-state index in [9.17, 15) is 0 Å². The van der Waals surface area contributed by atoms with Crippen molar-refractivity contribution in [2.24, 2.45) is 0 Å². The van der Waals surface area contributed by atoms with E-state index < -0.39 is 20.8 Å². The first-order valence-corrected chi connectivity index (χ1v) is 4.19. The monoisotopic (exact) mass is 426 g/mol. The average Bonchev–Trinajstić information content (AvgIpc) is 1.12. The Hall–Kier alpha value is 2.79. The molecular weight excluding hydrogens is 417 g/mol. The maximum absolute atomic E-state index is 8.74. The minimum absolute atomic E-state index is 0. The third-order valence-corrected chi connectivity index (χ3v) is 0. The van der Waals surface area contributed by atoms with Crippen LogP contribution >= 0.6 is 0 Å². The second-order valence-electron chi connectivity index (χ2n) is 0.896. The van der Waals surface area contributed by atoms with Gasteiger partial charge in [0, 0.05) is 0 Å². The zero-order valence-electron chi connectivity index (χ0n) is 4.24. The molecule has 12 heteroatoms. The van der Waals surface area contributed by atoms with Crippen molar-refractivity contribution in [1.82, 2.24) is 0 Å². The van der Waals surface area contributed by atoms with Gasteiger partial charge in [-0.1, -0.05) is 0 Å². The van der Waals surface area contributed by atoms with Crippen molar-refractivity contribution >= 4 is 115 Å². The van der Waals surface area contributed by atoms with Gasteiger partial charge in [-0.15, -0.1) is 0 Å². The summed E-state index contributed by atoms with van der Waals surface area (Å²) in [6, 6.07) is 0. The van der Waals surface area contributed by atoms with E-state index in [1.807, 2.05) is 0 Å². The van der Waals surface area contributed by atoms with E-state index in [2.05, 4.69) is 0 Å². The van der Waals surface area contributed by atoms with Gasteiger partial charge in [-0.2, -0.15) is 16.8 Å². The van der Waals surface area contributed by atoms with Gasteiger partial charge in [-0.3, -0.25) is 18.2 Å². The third-order valence-electron chi connectivity index (χ3n) is 0. The van der Waals surface area contributed by atoms with Crippen LogP contribution < -0.4 is 0 Å². The van der Waals surface area contributed by atoms with Gasteiger partial charge < -0.3 is 0 Å². The molecule has 0 atom stereocenters. The van der Waals surface area contributed by atoms with Crippen molar-refractivity contribution in [2.45, 2.75) is 0 Å². The SMILES string of the molecule is O=S(=O)(O)O.O=S(=O)(O)O.[BaH2].[SrH2]. The Balaban J connectivity index is -0.0000000457. The van der Waals surface area contributed by atoms with Crippen LogP contribution in [0.5, 0.6) is 0 Å². The molecule has 0 rings (SSSR count). The zero-order chi connectivity index (χ0) is 9.00. The molecule has 0 aromatic heterocycles. The van der Waals surface area contributed by atoms with Crippen molar-refractivity contribution in [1.29, 1.82) is 0 Å². The van der Waals surface area contributed by atoms with Crippen LogP contribution in [0.4, 0.5) is 0 Å². The quantitative estimate of drug-likeness (QED) is 0.235. The molecule has 0 spiro atoms. The van der Waals surface area contributed by atoms with Crippen LogP contribution in [0.1, 0.15) is 0 Å². The Morgan fingerprint density at radius 3 is 0.667 bits per heavy atom. The normalized spacial score (nSPS) is 9.67. The second kappa shape index (κ2) is 10.3. The number of hydrogen-bond donors (Lipinski definition) is 4. The van der Waals surface area contributed by atoms with Gasteiger partial charge in [-0.05, 0) is 0 Å². The van der Waals surface area contributed by atoms with Crippen LogP contribution in [0.2, 0.25) is 0 Å². The molecule has 0 saturated carbocycles. The summed E-state index contributed by atoms with van der Waals surface area (Å²) in [5.41, 5.74) is 0. The summed E-state index contributed by atoms with van der Waals surface area (Å²) in [7, 11) is -9.33. The molecule has 4 N–H and O–H groups in total. The van der Waals surface area contributed by atoms with Gasteiger partial charge in [0.2, 0.25) is 0 Å². The van der Waals surface area contributed by atoms with Crippen molar-refractivity contribution in [3.8, 4) is 0 Å². The Morgan fingerprint density at radius 2 is 0.667 bits per heavy atom. The molecule has 8 nitrogen and oxygen atoms in total. The summed E-state index contributed by atoms with van der Waals surface area (Å²) in [5.74, 6) is 0. The molecule has 12 heavy (non-hydrogen) atoms. The van der Waals surface area contributed by atoms with Gasteiger partial charge in [0.1, 0.15) is 0 Å². The maximum atomic E-state index is 8.74. The predicted octanol–water partition coefficient (Wildman–Crippen LogP) is -3.14. The third kappa shape index (κ3) is 228. The summed E-state index contributed by atoms with van der Waals surface area (Å²) in [4.78, 5) is 0. The minimum atomic E-state index is -4.67. The van der Waals surface area contributed by atoms with Crippen molar-refractivity contribution < 1.29 is 35.0 Å². The van der Waals surface area contributed by atoms with E-state index >= 15 is 0 Å². The van der Waals surface area contributed by atoms with Crippen molar-refractivity contribution in [3.05, 3.63) is 0 Å². The Morgan fingerprint density at radius 1 is 0.667 bits per heavy atom. The standard InChI is InChI=1S/Ba.2H2O4S.Sr.4H/c;2*1-5(2,3)4;;;;;/h;2*(H2,1,2,3,4);;;;;. The van der Waals surface area contributed by atoms with Crippen LogP contribution in [-0.4, -0.2) is 129 Å². The van der Waals surface area contributed by atoms with Crippen molar-refractivity contribution in [2.75, 3.05) is 0 Å². The molecule has 0 aromatic rings. The van der Waals surface area contributed by atoms with Gasteiger partial charge in [0.25, 0.3) is 0 Å². The van der Waals surface area contributed by atoms with Gasteiger partial charge in [0.05, 0.1) is 0 Å². The molecule has 0 radical (unpaired) electrons. The van der Waals surface area contributed by atoms with E-state index in [0.29, 0.717) is 0 Å². The van der Waals surface area contributed by atoms with E-state index in [1.165, 1.54) is 0 Å². The molecule has 0 bridgehead atoms. The average molecular weight is 425 g/mol. The van der Waals surface area contributed by atoms with E-state index in [0.717, 1.165) is 0 Å². The first-order valence-electron chi connectivity index (χ1n) is 1.40. The molecule has 0 unspecified atom stereocenters. The van der Waals surface area contributed by atoms with Crippen LogP contribution in [0, 0.1) is 0 Å². The summed E-state index contributed by atoms with van der Waals surface area (Å²) in [5, 5.41) is 0. The second-order valence-corrected chi connectivity index (χ2v) is 2.69. The predicted molar refractivity (Wildman–Crippen MR) is 45.4 cm³/mol. The fraction of sp³-hybridized carbons (Fsp3) is 0. The Bertz CT molecular complexity index is 213. The van der Waals surface area contributed by atoms with E-state index in [4.69, 9.17) is 35.0 Å².